The molecule has 0 unspecified atom stereocenters. The number of aromatic nitrogens is 3. The fourth-order valence-corrected chi connectivity index (χ4v) is 4.46. The molecule has 2 aliphatic heterocycles. The molecule has 2 aliphatic rings. The lowest BCUT2D eigenvalue weighted by atomic mass is 9.73. The second kappa shape index (κ2) is 7.13. The van der Waals surface area contributed by atoms with Gasteiger partial charge in [-0.05, 0) is 38.3 Å². The van der Waals surface area contributed by atoms with Crippen LogP contribution in [-0.4, -0.2) is 62.6 Å². The first-order valence-corrected chi connectivity index (χ1v) is 9.63. The van der Waals surface area contributed by atoms with Crippen molar-refractivity contribution in [3.05, 3.63) is 42.5 Å². The fourth-order valence-electron chi connectivity index (χ4n) is 4.46. The van der Waals surface area contributed by atoms with Crippen molar-refractivity contribution in [2.24, 2.45) is 5.41 Å². The van der Waals surface area contributed by atoms with Gasteiger partial charge in [0.2, 0.25) is 5.91 Å². The summed E-state index contributed by atoms with van der Waals surface area (Å²) in [6.45, 7) is 4.99. The van der Waals surface area contributed by atoms with Crippen LogP contribution in [0.4, 0.5) is 0 Å². The third-order valence-electron chi connectivity index (χ3n) is 5.88. The number of nitrogens with zero attached hydrogens (tertiary/aromatic N) is 5. The number of carbonyl (C=O) groups is 2. The van der Waals surface area contributed by atoms with E-state index in [2.05, 4.69) is 10.1 Å². The van der Waals surface area contributed by atoms with E-state index in [4.69, 9.17) is 0 Å². The molecule has 0 radical (unpaired) electrons. The minimum absolute atomic E-state index is 0.0278. The van der Waals surface area contributed by atoms with Gasteiger partial charge in [-0.3, -0.25) is 9.59 Å². The van der Waals surface area contributed by atoms with Gasteiger partial charge in [-0.2, -0.15) is 5.10 Å². The topological polar surface area (TPSA) is 71.3 Å². The van der Waals surface area contributed by atoms with Gasteiger partial charge in [-0.1, -0.05) is 12.1 Å². The Labute approximate surface area is 159 Å². The molecule has 2 aromatic rings. The summed E-state index contributed by atoms with van der Waals surface area (Å²) < 4.78 is 1.63. The molecular formula is C20H25N5O2. The van der Waals surface area contributed by atoms with Crippen LogP contribution in [0.15, 0.2) is 36.9 Å². The van der Waals surface area contributed by atoms with Gasteiger partial charge in [0.1, 0.15) is 12.7 Å². The van der Waals surface area contributed by atoms with Crippen LogP contribution in [0.3, 0.4) is 0 Å². The molecule has 0 bridgehead atoms. The lowest BCUT2D eigenvalue weighted by molar-refractivity contribution is -0.138. The number of para-hydroxylation sites is 1. The van der Waals surface area contributed by atoms with E-state index in [1.54, 1.807) is 11.0 Å². The highest BCUT2D eigenvalue weighted by molar-refractivity contribution is 5.97. The monoisotopic (exact) mass is 367 g/mol. The van der Waals surface area contributed by atoms with E-state index in [1.807, 2.05) is 41.0 Å². The van der Waals surface area contributed by atoms with Crippen LogP contribution in [0, 0.1) is 5.41 Å². The summed E-state index contributed by atoms with van der Waals surface area (Å²) >= 11 is 0. The number of amides is 2. The zero-order valence-corrected chi connectivity index (χ0v) is 15.7. The summed E-state index contributed by atoms with van der Waals surface area (Å²) in [4.78, 5) is 33.3. The van der Waals surface area contributed by atoms with Crippen molar-refractivity contribution in [2.45, 2.75) is 32.6 Å². The van der Waals surface area contributed by atoms with Gasteiger partial charge in [-0.15, -0.1) is 0 Å². The molecule has 2 saturated heterocycles. The van der Waals surface area contributed by atoms with Crippen LogP contribution < -0.4 is 0 Å². The Kier molecular flexibility index (Phi) is 4.68. The minimum atomic E-state index is 0.0278. The van der Waals surface area contributed by atoms with Crippen LogP contribution >= 0.6 is 0 Å². The third kappa shape index (κ3) is 3.34. The maximum Gasteiger partial charge on any atom is 0.256 e. The minimum Gasteiger partial charge on any atom is -0.342 e. The van der Waals surface area contributed by atoms with Crippen molar-refractivity contribution in [2.75, 3.05) is 26.2 Å². The van der Waals surface area contributed by atoms with E-state index < -0.39 is 0 Å². The van der Waals surface area contributed by atoms with Crippen LogP contribution in [0.5, 0.6) is 0 Å². The largest absolute Gasteiger partial charge is 0.342 e. The van der Waals surface area contributed by atoms with E-state index in [1.165, 1.54) is 6.33 Å². The predicted octanol–water partition coefficient (Wildman–Crippen LogP) is 2.13. The van der Waals surface area contributed by atoms with Gasteiger partial charge in [0.15, 0.2) is 0 Å². The van der Waals surface area contributed by atoms with E-state index >= 15 is 0 Å². The van der Waals surface area contributed by atoms with Gasteiger partial charge in [0.25, 0.3) is 5.91 Å². The van der Waals surface area contributed by atoms with E-state index in [0.717, 1.165) is 44.6 Å². The maximum absolute atomic E-state index is 13.3. The Bertz CT molecular complexity index is 835. The first kappa shape index (κ1) is 17.7. The van der Waals surface area contributed by atoms with Gasteiger partial charge in [0.05, 0.1) is 11.3 Å². The molecule has 0 aliphatic carbocycles. The summed E-state index contributed by atoms with van der Waals surface area (Å²) in [5, 5.41) is 4.18. The van der Waals surface area contributed by atoms with Crippen molar-refractivity contribution in [1.29, 1.82) is 0 Å². The Morgan fingerprint density at radius 2 is 2.07 bits per heavy atom. The first-order valence-electron chi connectivity index (χ1n) is 9.63. The number of benzene rings is 1. The zero-order valence-electron chi connectivity index (χ0n) is 15.7. The molecule has 0 N–H and O–H groups in total. The highest BCUT2D eigenvalue weighted by atomic mass is 16.2. The smallest absolute Gasteiger partial charge is 0.256 e. The second-order valence-electron chi connectivity index (χ2n) is 7.60. The van der Waals surface area contributed by atoms with Crippen LogP contribution in [0.25, 0.3) is 5.69 Å². The molecule has 2 amide bonds. The average molecular weight is 367 g/mol. The van der Waals surface area contributed by atoms with Crippen molar-refractivity contribution < 1.29 is 9.59 Å². The molecule has 1 aromatic heterocycles. The highest BCUT2D eigenvalue weighted by Gasteiger charge is 2.42. The Morgan fingerprint density at radius 1 is 1.22 bits per heavy atom. The van der Waals surface area contributed by atoms with Crippen LogP contribution in [-0.2, 0) is 4.79 Å². The molecule has 1 spiro atoms. The molecule has 7 heteroatoms. The number of rotatable bonds is 3. The van der Waals surface area contributed by atoms with Crippen LogP contribution in [0.1, 0.15) is 43.0 Å². The molecule has 1 aromatic carbocycles. The molecule has 7 nitrogen and oxygen atoms in total. The van der Waals surface area contributed by atoms with Crippen molar-refractivity contribution in [3.8, 4) is 5.69 Å². The summed E-state index contributed by atoms with van der Waals surface area (Å²) in [5.41, 5.74) is 1.41. The Balaban J connectivity index is 1.58. The Morgan fingerprint density at radius 3 is 2.85 bits per heavy atom. The van der Waals surface area contributed by atoms with Gasteiger partial charge >= 0.3 is 0 Å². The molecular weight excluding hydrogens is 342 g/mol. The molecule has 3 heterocycles. The van der Waals surface area contributed by atoms with Gasteiger partial charge in [0, 0.05) is 38.0 Å². The predicted molar refractivity (Wildman–Crippen MR) is 100 cm³/mol. The summed E-state index contributed by atoms with van der Waals surface area (Å²) in [5.74, 6) is 0.267. The number of carbonyl (C=O) groups excluding carboxylic acids is 2. The molecule has 4 rings (SSSR count). The number of hydrogen-bond acceptors (Lipinski definition) is 4. The first-order chi connectivity index (χ1) is 13.1. The van der Waals surface area contributed by atoms with Crippen molar-refractivity contribution in [1.82, 2.24) is 24.6 Å². The Hall–Kier alpha value is -2.70. The second-order valence-corrected chi connectivity index (χ2v) is 7.60. The van der Waals surface area contributed by atoms with E-state index in [-0.39, 0.29) is 17.2 Å². The fraction of sp³-hybridized carbons (Fsp3) is 0.500. The SMILES string of the molecule is CCN1C[C@@]2(CCCN(C(=O)c3ccccc3-n3cncn3)C2)CCC1=O. The van der Waals surface area contributed by atoms with Gasteiger partial charge in [-0.25, -0.2) is 9.67 Å². The van der Waals surface area contributed by atoms with Crippen molar-refractivity contribution in [3.63, 3.8) is 0 Å². The van der Waals surface area contributed by atoms with E-state index in [0.29, 0.717) is 18.5 Å². The van der Waals surface area contributed by atoms with Crippen molar-refractivity contribution >= 4 is 11.8 Å². The lowest BCUT2D eigenvalue weighted by Gasteiger charge is -2.48. The number of hydrogen-bond donors (Lipinski definition) is 0. The summed E-state index contributed by atoms with van der Waals surface area (Å²) in [6.07, 6.45) is 6.59. The molecule has 1 atom stereocenters. The molecule has 2 fully saturated rings. The normalized spacial score (nSPS) is 23.1. The maximum atomic E-state index is 13.3. The third-order valence-corrected chi connectivity index (χ3v) is 5.88. The van der Waals surface area contributed by atoms with Gasteiger partial charge < -0.3 is 9.80 Å². The molecule has 0 saturated carbocycles. The lowest BCUT2D eigenvalue weighted by Crippen LogP contribution is -2.55. The summed E-state index contributed by atoms with van der Waals surface area (Å²) in [6, 6.07) is 7.52. The molecule has 142 valence electrons. The average Bonchev–Trinajstić information content (AvgIpc) is 3.24. The zero-order chi connectivity index (χ0) is 18.9. The highest BCUT2D eigenvalue weighted by Crippen LogP contribution is 2.39. The number of likely N-dealkylation sites (tertiary alicyclic amines) is 2. The van der Waals surface area contributed by atoms with Crippen LogP contribution in [0.2, 0.25) is 0 Å². The van der Waals surface area contributed by atoms with E-state index in [9.17, 15) is 9.59 Å². The molecule has 27 heavy (non-hydrogen) atoms. The quantitative estimate of drug-likeness (QED) is 0.833. The summed E-state index contributed by atoms with van der Waals surface area (Å²) in [7, 11) is 0. The standard InChI is InChI=1S/C20H25N5O2/c1-2-23-12-20(10-8-18(23)26)9-5-11-24(13-20)19(27)16-6-3-4-7-17(16)25-15-21-14-22-25/h3-4,6-7,14-15H,2,5,8-13H2,1H3/t20-/m1/s1. The number of piperidine rings is 2.